The van der Waals surface area contributed by atoms with Gasteiger partial charge in [0.05, 0.1) is 11.2 Å². The van der Waals surface area contributed by atoms with Gasteiger partial charge in [-0.3, -0.25) is 4.98 Å². The summed E-state index contributed by atoms with van der Waals surface area (Å²) in [5, 5.41) is 0. The van der Waals surface area contributed by atoms with Gasteiger partial charge < -0.3 is 10.1 Å². The predicted octanol–water partition coefficient (Wildman–Crippen LogP) is 0.558. The van der Waals surface area contributed by atoms with Crippen molar-refractivity contribution in [3.05, 3.63) is 30.5 Å². The quantitative estimate of drug-likeness (QED) is 0.706. The maximum Gasteiger partial charge on any atom is 0.155 e. The Hall–Kier alpha value is -1.49. The van der Waals surface area contributed by atoms with E-state index in [1.165, 1.54) is 0 Å². The highest BCUT2D eigenvalue weighted by Crippen LogP contribution is 2.04. The summed E-state index contributed by atoms with van der Waals surface area (Å²) in [6.07, 6.45) is 7.58. The third-order valence-electron chi connectivity index (χ3n) is 1.75. The van der Waals surface area contributed by atoms with E-state index in [0.29, 0.717) is 11.4 Å². The number of thiocarbonyl (C=S) groups is 1. The summed E-state index contributed by atoms with van der Waals surface area (Å²) in [5.74, 6) is 0. The Labute approximate surface area is 80.4 Å². The second-order valence-corrected chi connectivity index (χ2v) is 3.22. The van der Waals surface area contributed by atoms with E-state index in [1.54, 1.807) is 18.6 Å². The lowest BCUT2D eigenvalue weighted by molar-refractivity contribution is 1.05. The third-order valence-corrected chi connectivity index (χ3v) is 1.89. The summed E-state index contributed by atoms with van der Waals surface area (Å²) >= 11 is 4.83. The Morgan fingerprint density at radius 3 is 3.15 bits per heavy atom. The molecule has 0 saturated heterocycles. The van der Waals surface area contributed by atoms with Gasteiger partial charge in [0.25, 0.3) is 0 Å². The number of nitrogens with two attached hydrogens (primary N) is 1. The second kappa shape index (κ2) is 3.10. The van der Waals surface area contributed by atoms with Gasteiger partial charge in [-0.05, 0) is 0 Å². The van der Waals surface area contributed by atoms with Crippen LogP contribution >= 0.6 is 12.2 Å². The molecular weight excluding hydrogens is 184 g/mol. The molecule has 0 bridgehead atoms. The summed E-state index contributed by atoms with van der Waals surface area (Å²) in [5.41, 5.74) is 7.25. The lowest BCUT2D eigenvalue weighted by atomic mass is 10.3. The fourth-order valence-electron chi connectivity index (χ4n) is 1.20. The molecule has 2 aromatic heterocycles. The van der Waals surface area contributed by atoms with Crippen LogP contribution in [0, 0.1) is 0 Å². The van der Waals surface area contributed by atoms with Crippen molar-refractivity contribution in [2.24, 2.45) is 5.73 Å². The first kappa shape index (κ1) is 8.12. The van der Waals surface area contributed by atoms with Crippen molar-refractivity contribution in [2.45, 2.75) is 6.42 Å². The average molecular weight is 192 g/mol. The van der Waals surface area contributed by atoms with Crippen molar-refractivity contribution >= 4 is 22.9 Å². The molecule has 4 nitrogen and oxygen atoms in total. The summed E-state index contributed by atoms with van der Waals surface area (Å²) < 4.78 is 1.92. The van der Waals surface area contributed by atoms with Gasteiger partial charge in [0, 0.05) is 30.7 Å². The van der Waals surface area contributed by atoms with Crippen molar-refractivity contribution in [1.82, 2.24) is 14.4 Å². The molecule has 2 aromatic rings. The number of imidazole rings is 1. The van der Waals surface area contributed by atoms with Gasteiger partial charge in [-0.15, -0.1) is 0 Å². The number of nitrogens with zero attached hydrogens (tertiary/aromatic N) is 3. The van der Waals surface area contributed by atoms with E-state index in [2.05, 4.69) is 9.97 Å². The second-order valence-electron chi connectivity index (χ2n) is 2.70. The third kappa shape index (κ3) is 1.50. The zero-order valence-electron chi connectivity index (χ0n) is 6.84. The Morgan fingerprint density at radius 1 is 1.54 bits per heavy atom. The molecule has 0 fully saturated rings. The summed E-state index contributed by atoms with van der Waals surface area (Å²) in [4.78, 5) is 8.59. The standard InChI is InChI=1S/C8H8N4S/c9-7(13)3-6-4-11-8-5-10-1-2-12(6)8/h1-2,4-5H,3H2,(H2,9,13). The van der Waals surface area contributed by atoms with Crippen molar-refractivity contribution in [1.29, 1.82) is 0 Å². The Morgan fingerprint density at radius 2 is 2.38 bits per heavy atom. The van der Waals surface area contributed by atoms with E-state index in [4.69, 9.17) is 18.0 Å². The first-order valence-electron chi connectivity index (χ1n) is 3.81. The number of hydrogen-bond acceptors (Lipinski definition) is 3. The molecule has 0 aliphatic heterocycles. The Balaban J connectivity index is 2.51. The molecule has 0 radical (unpaired) electrons. The van der Waals surface area contributed by atoms with E-state index >= 15 is 0 Å². The fourth-order valence-corrected chi connectivity index (χ4v) is 1.35. The zero-order valence-corrected chi connectivity index (χ0v) is 7.66. The number of fused-ring (bicyclic) bond motifs is 1. The van der Waals surface area contributed by atoms with Crippen molar-refractivity contribution in [3.63, 3.8) is 0 Å². The maximum absolute atomic E-state index is 5.45. The summed E-state index contributed by atoms with van der Waals surface area (Å²) in [6.45, 7) is 0. The number of rotatable bonds is 2. The number of hydrogen-bond donors (Lipinski definition) is 1. The van der Waals surface area contributed by atoms with Crippen LogP contribution in [0.2, 0.25) is 0 Å². The lowest BCUT2D eigenvalue weighted by Crippen LogP contribution is -2.12. The van der Waals surface area contributed by atoms with E-state index in [1.807, 2.05) is 10.6 Å². The molecule has 0 spiro atoms. The predicted molar refractivity (Wildman–Crippen MR) is 53.5 cm³/mol. The van der Waals surface area contributed by atoms with Crippen molar-refractivity contribution in [2.75, 3.05) is 0 Å². The molecule has 0 aliphatic rings. The molecule has 2 N–H and O–H groups in total. The van der Waals surface area contributed by atoms with Gasteiger partial charge in [0.2, 0.25) is 0 Å². The van der Waals surface area contributed by atoms with Gasteiger partial charge in [-0.25, -0.2) is 4.98 Å². The lowest BCUT2D eigenvalue weighted by Gasteiger charge is -1.98. The monoisotopic (exact) mass is 192 g/mol. The molecule has 0 saturated carbocycles. The van der Waals surface area contributed by atoms with Crippen LogP contribution in [-0.2, 0) is 6.42 Å². The fraction of sp³-hybridized carbons (Fsp3) is 0.125. The van der Waals surface area contributed by atoms with Crippen molar-refractivity contribution in [3.8, 4) is 0 Å². The topological polar surface area (TPSA) is 56.2 Å². The van der Waals surface area contributed by atoms with Crippen LogP contribution in [0.3, 0.4) is 0 Å². The van der Waals surface area contributed by atoms with Crippen LogP contribution in [0.4, 0.5) is 0 Å². The molecule has 0 aliphatic carbocycles. The molecular formula is C8H8N4S. The van der Waals surface area contributed by atoms with Gasteiger partial charge in [-0.2, -0.15) is 0 Å². The van der Waals surface area contributed by atoms with Crippen LogP contribution < -0.4 is 5.73 Å². The Kier molecular flexibility index (Phi) is 1.94. The smallest absolute Gasteiger partial charge is 0.155 e. The molecule has 13 heavy (non-hydrogen) atoms. The minimum atomic E-state index is 0.471. The van der Waals surface area contributed by atoms with Crippen LogP contribution in [0.15, 0.2) is 24.8 Å². The molecule has 2 rings (SSSR count). The zero-order chi connectivity index (χ0) is 9.26. The first-order valence-corrected chi connectivity index (χ1v) is 4.22. The first-order chi connectivity index (χ1) is 6.27. The minimum absolute atomic E-state index is 0.471. The van der Waals surface area contributed by atoms with E-state index in [-0.39, 0.29) is 0 Å². The highest BCUT2D eigenvalue weighted by molar-refractivity contribution is 7.80. The number of aromatic nitrogens is 3. The van der Waals surface area contributed by atoms with Gasteiger partial charge in [-0.1, -0.05) is 12.2 Å². The molecule has 0 amide bonds. The molecule has 0 unspecified atom stereocenters. The van der Waals surface area contributed by atoms with Crippen LogP contribution in [0.25, 0.3) is 5.65 Å². The molecule has 0 atom stereocenters. The summed E-state index contributed by atoms with van der Waals surface area (Å²) in [6, 6.07) is 0. The van der Waals surface area contributed by atoms with Gasteiger partial charge in [0.1, 0.15) is 0 Å². The van der Waals surface area contributed by atoms with Crippen molar-refractivity contribution < 1.29 is 0 Å². The van der Waals surface area contributed by atoms with E-state index < -0.39 is 0 Å². The average Bonchev–Trinajstić information content (AvgIpc) is 2.48. The normalized spacial score (nSPS) is 10.5. The van der Waals surface area contributed by atoms with Gasteiger partial charge >= 0.3 is 0 Å². The van der Waals surface area contributed by atoms with E-state index in [9.17, 15) is 0 Å². The SMILES string of the molecule is NC(=S)Cc1cnc2cnccn12. The maximum atomic E-state index is 5.45. The van der Waals surface area contributed by atoms with E-state index in [0.717, 1.165) is 11.3 Å². The highest BCUT2D eigenvalue weighted by Gasteiger charge is 2.02. The molecule has 5 heteroatoms. The Bertz CT molecular complexity index is 448. The van der Waals surface area contributed by atoms with Crippen LogP contribution in [0.5, 0.6) is 0 Å². The molecule has 2 heterocycles. The highest BCUT2D eigenvalue weighted by atomic mass is 32.1. The molecule has 0 aromatic carbocycles. The molecule has 66 valence electrons. The van der Waals surface area contributed by atoms with Gasteiger partial charge in [0.15, 0.2) is 5.65 Å². The largest absolute Gasteiger partial charge is 0.393 e. The van der Waals surface area contributed by atoms with Crippen LogP contribution in [0.1, 0.15) is 5.69 Å². The summed E-state index contributed by atoms with van der Waals surface area (Å²) in [7, 11) is 0. The van der Waals surface area contributed by atoms with Crippen LogP contribution in [-0.4, -0.2) is 19.4 Å². The minimum Gasteiger partial charge on any atom is -0.393 e.